The van der Waals surface area contributed by atoms with Crippen molar-refractivity contribution in [1.29, 1.82) is 0 Å². The number of hydrogen-bond donors (Lipinski definition) is 1. The van der Waals surface area contributed by atoms with Crippen LogP contribution in [0.2, 0.25) is 10.0 Å². The Morgan fingerprint density at radius 1 is 1.15 bits per heavy atom. The molecule has 0 aromatic heterocycles. The Bertz CT molecular complexity index is 912. The average molecular weight is 394 g/mol. The molecule has 1 unspecified atom stereocenters. The maximum atomic E-state index is 12.6. The highest BCUT2D eigenvalue weighted by atomic mass is 35.5. The second-order valence-electron chi connectivity index (χ2n) is 5.57. The van der Waals surface area contributed by atoms with Gasteiger partial charge in [-0.25, -0.2) is 9.59 Å². The average Bonchev–Trinajstić information content (AvgIpc) is 2.60. The van der Waals surface area contributed by atoms with Gasteiger partial charge in [-0.05, 0) is 42.0 Å². The summed E-state index contributed by atoms with van der Waals surface area (Å²) in [6.45, 7) is 0. The van der Waals surface area contributed by atoms with E-state index in [0.29, 0.717) is 21.2 Å². The summed E-state index contributed by atoms with van der Waals surface area (Å²) in [6.07, 6.45) is -0.889. The van der Waals surface area contributed by atoms with Gasteiger partial charge in [0.1, 0.15) is 0 Å². The zero-order chi connectivity index (χ0) is 18.8. The summed E-state index contributed by atoms with van der Waals surface area (Å²) in [5.41, 5.74) is 1.29. The molecular weight excluding hydrogens is 381 g/mol. The van der Waals surface area contributed by atoms with Crippen LogP contribution in [0.25, 0.3) is 0 Å². The molecule has 1 aliphatic rings. The van der Waals surface area contributed by atoms with Crippen LogP contribution in [0.5, 0.6) is 0 Å². The Morgan fingerprint density at radius 3 is 2.58 bits per heavy atom. The number of amides is 1. The zero-order valence-electron chi connectivity index (χ0n) is 13.5. The van der Waals surface area contributed by atoms with Crippen LogP contribution in [0.1, 0.15) is 26.3 Å². The molecule has 0 radical (unpaired) electrons. The number of esters is 2. The van der Waals surface area contributed by atoms with Crippen LogP contribution in [0.4, 0.5) is 5.69 Å². The molecule has 6 nitrogen and oxygen atoms in total. The Morgan fingerprint density at radius 2 is 1.85 bits per heavy atom. The van der Waals surface area contributed by atoms with Crippen LogP contribution in [0.3, 0.4) is 0 Å². The molecule has 0 aliphatic carbocycles. The van der Waals surface area contributed by atoms with Gasteiger partial charge in [-0.15, -0.1) is 0 Å². The fraction of sp³-hybridized carbons (Fsp3) is 0.167. The van der Waals surface area contributed by atoms with Gasteiger partial charge in [0.25, 0.3) is 5.91 Å². The van der Waals surface area contributed by atoms with E-state index in [1.54, 1.807) is 18.2 Å². The molecule has 2 aromatic rings. The first-order valence-electron chi connectivity index (χ1n) is 7.57. The van der Waals surface area contributed by atoms with E-state index in [2.05, 4.69) is 10.1 Å². The Balaban J connectivity index is 1.84. The van der Waals surface area contributed by atoms with Crippen LogP contribution < -0.4 is 5.32 Å². The number of ether oxygens (including phenoxy) is 2. The molecule has 2 aromatic carbocycles. The summed E-state index contributed by atoms with van der Waals surface area (Å²) >= 11 is 11.9. The molecule has 0 saturated carbocycles. The van der Waals surface area contributed by atoms with E-state index in [4.69, 9.17) is 27.9 Å². The first-order valence-corrected chi connectivity index (χ1v) is 8.33. The van der Waals surface area contributed by atoms with Crippen molar-refractivity contribution in [1.82, 2.24) is 0 Å². The fourth-order valence-electron chi connectivity index (χ4n) is 2.63. The smallest absolute Gasteiger partial charge is 0.339 e. The van der Waals surface area contributed by atoms with E-state index in [1.165, 1.54) is 25.3 Å². The molecule has 26 heavy (non-hydrogen) atoms. The molecule has 3 rings (SSSR count). The van der Waals surface area contributed by atoms with Gasteiger partial charge in [-0.1, -0.05) is 23.2 Å². The SMILES string of the molecule is COC(=O)c1ccc(Cl)cc1NC(=O)C1Cc2cc(Cl)ccc2C(=O)O1. The molecule has 1 heterocycles. The molecule has 0 saturated heterocycles. The van der Waals surface area contributed by atoms with Crippen molar-refractivity contribution in [2.24, 2.45) is 0 Å². The number of anilines is 1. The lowest BCUT2D eigenvalue weighted by Gasteiger charge is -2.24. The number of benzene rings is 2. The van der Waals surface area contributed by atoms with Gasteiger partial charge in [0.15, 0.2) is 6.10 Å². The van der Waals surface area contributed by atoms with E-state index < -0.39 is 23.9 Å². The van der Waals surface area contributed by atoms with Crippen molar-refractivity contribution >= 4 is 46.7 Å². The van der Waals surface area contributed by atoms with Crippen LogP contribution in [0.15, 0.2) is 36.4 Å². The number of carbonyl (C=O) groups excluding carboxylic acids is 3. The molecule has 1 N–H and O–H groups in total. The summed E-state index contributed by atoms with van der Waals surface area (Å²) in [6, 6.07) is 9.11. The van der Waals surface area contributed by atoms with Gasteiger partial charge >= 0.3 is 11.9 Å². The van der Waals surface area contributed by atoms with Crippen LogP contribution in [0, 0.1) is 0 Å². The second kappa shape index (κ2) is 7.35. The number of halogens is 2. The summed E-state index contributed by atoms with van der Waals surface area (Å²) in [5, 5.41) is 3.35. The van der Waals surface area contributed by atoms with Gasteiger partial charge in [0, 0.05) is 16.5 Å². The van der Waals surface area contributed by atoms with Crippen LogP contribution in [-0.4, -0.2) is 31.1 Å². The molecule has 134 valence electrons. The first-order chi connectivity index (χ1) is 12.4. The number of nitrogens with one attached hydrogen (secondary N) is 1. The predicted octanol–water partition coefficient (Wildman–Crippen LogP) is 3.50. The molecule has 1 amide bonds. The van der Waals surface area contributed by atoms with Crippen molar-refractivity contribution in [2.75, 3.05) is 12.4 Å². The standard InChI is InChI=1S/C18H13Cl2NO5/c1-25-17(23)13-5-3-11(20)8-14(13)21-16(22)15-7-9-6-10(19)2-4-12(9)18(24)26-15/h2-6,8,15H,7H2,1H3,(H,21,22). The Labute approximate surface area is 159 Å². The second-order valence-corrected chi connectivity index (χ2v) is 6.44. The van der Waals surface area contributed by atoms with Gasteiger partial charge in [0.05, 0.1) is 23.9 Å². The summed E-state index contributed by atoms with van der Waals surface area (Å²) in [7, 11) is 1.23. The molecule has 0 fully saturated rings. The highest BCUT2D eigenvalue weighted by molar-refractivity contribution is 6.31. The lowest BCUT2D eigenvalue weighted by Crippen LogP contribution is -2.38. The minimum Gasteiger partial charge on any atom is -0.465 e. The van der Waals surface area contributed by atoms with Gasteiger partial charge in [-0.2, -0.15) is 0 Å². The lowest BCUT2D eigenvalue weighted by molar-refractivity contribution is -0.125. The number of rotatable bonds is 3. The number of carbonyl (C=O) groups is 3. The van der Waals surface area contributed by atoms with E-state index in [0.717, 1.165) is 0 Å². The third-order valence-corrected chi connectivity index (χ3v) is 4.35. The minimum atomic E-state index is -1.06. The molecule has 8 heteroatoms. The van der Waals surface area contributed by atoms with E-state index in [9.17, 15) is 14.4 Å². The number of methoxy groups -OCH3 is 1. The topological polar surface area (TPSA) is 81.7 Å². The van der Waals surface area contributed by atoms with Gasteiger partial charge < -0.3 is 14.8 Å². The Kier molecular flexibility index (Phi) is 5.15. The van der Waals surface area contributed by atoms with E-state index in [-0.39, 0.29) is 17.7 Å². The van der Waals surface area contributed by atoms with Crippen LogP contribution >= 0.6 is 23.2 Å². The maximum Gasteiger partial charge on any atom is 0.339 e. The molecule has 0 spiro atoms. The third-order valence-electron chi connectivity index (χ3n) is 3.88. The van der Waals surface area contributed by atoms with Gasteiger partial charge in [-0.3, -0.25) is 4.79 Å². The highest BCUT2D eigenvalue weighted by Gasteiger charge is 2.32. The monoisotopic (exact) mass is 393 g/mol. The molecular formula is C18H13Cl2NO5. The summed E-state index contributed by atoms with van der Waals surface area (Å²) < 4.78 is 9.89. The van der Waals surface area contributed by atoms with Gasteiger partial charge in [0.2, 0.25) is 0 Å². The molecule has 1 aliphatic heterocycles. The number of hydrogen-bond acceptors (Lipinski definition) is 5. The highest BCUT2D eigenvalue weighted by Crippen LogP contribution is 2.26. The van der Waals surface area contributed by atoms with Crippen molar-refractivity contribution in [3.63, 3.8) is 0 Å². The van der Waals surface area contributed by atoms with Crippen molar-refractivity contribution < 1.29 is 23.9 Å². The lowest BCUT2D eigenvalue weighted by atomic mass is 9.98. The normalized spacial score (nSPS) is 15.7. The first kappa shape index (κ1) is 18.2. The molecule has 0 bridgehead atoms. The predicted molar refractivity (Wildman–Crippen MR) is 95.8 cm³/mol. The maximum absolute atomic E-state index is 12.6. The van der Waals surface area contributed by atoms with E-state index in [1.807, 2.05) is 0 Å². The fourth-order valence-corrected chi connectivity index (χ4v) is 3.00. The summed E-state index contributed by atoms with van der Waals surface area (Å²) in [5.74, 6) is -1.83. The number of cyclic esters (lactones) is 1. The zero-order valence-corrected chi connectivity index (χ0v) is 15.1. The van der Waals surface area contributed by atoms with Crippen molar-refractivity contribution in [3.8, 4) is 0 Å². The Hall–Kier alpha value is -2.57. The third kappa shape index (κ3) is 3.66. The largest absolute Gasteiger partial charge is 0.465 e. The van der Waals surface area contributed by atoms with Crippen molar-refractivity contribution in [2.45, 2.75) is 12.5 Å². The van der Waals surface area contributed by atoms with Crippen LogP contribution in [-0.2, 0) is 20.7 Å². The van der Waals surface area contributed by atoms with Crippen molar-refractivity contribution in [3.05, 3.63) is 63.1 Å². The summed E-state index contributed by atoms with van der Waals surface area (Å²) in [4.78, 5) is 36.5. The van der Waals surface area contributed by atoms with E-state index >= 15 is 0 Å². The minimum absolute atomic E-state index is 0.135. The molecule has 1 atom stereocenters. The number of fused-ring (bicyclic) bond motifs is 1. The quantitative estimate of drug-likeness (QED) is 0.806.